The van der Waals surface area contributed by atoms with Gasteiger partial charge in [-0.25, -0.2) is 4.39 Å². The van der Waals surface area contributed by atoms with Crippen LogP contribution in [0.25, 0.3) is 0 Å². The van der Waals surface area contributed by atoms with E-state index in [0.29, 0.717) is 28.5 Å². The van der Waals surface area contributed by atoms with Gasteiger partial charge in [-0.3, -0.25) is 0 Å². The van der Waals surface area contributed by atoms with Crippen molar-refractivity contribution in [2.45, 2.75) is 18.9 Å². The van der Waals surface area contributed by atoms with Gasteiger partial charge in [0.05, 0.1) is 0 Å². The molecular formula is C16H15BrCl2FN. The van der Waals surface area contributed by atoms with Gasteiger partial charge in [0, 0.05) is 20.6 Å². The van der Waals surface area contributed by atoms with Crippen molar-refractivity contribution in [2.75, 3.05) is 7.05 Å². The second-order valence-corrected chi connectivity index (χ2v) is 6.62. The van der Waals surface area contributed by atoms with Crippen molar-refractivity contribution in [2.24, 2.45) is 0 Å². The lowest BCUT2D eigenvalue weighted by molar-refractivity contribution is 0.532. The highest BCUT2D eigenvalue weighted by molar-refractivity contribution is 9.10. The fourth-order valence-corrected chi connectivity index (χ4v) is 3.09. The van der Waals surface area contributed by atoms with Gasteiger partial charge in [0.25, 0.3) is 0 Å². The molecule has 1 atom stereocenters. The summed E-state index contributed by atoms with van der Waals surface area (Å²) in [4.78, 5) is 0. The molecule has 0 bridgehead atoms. The van der Waals surface area contributed by atoms with Crippen molar-refractivity contribution in [3.05, 3.63) is 67.9 Å². The van der Waals surface area contributed by atoms with Gasteiger partial charge in [-0.1, -0.05) is 45.2 Å². The Hall–Kier alpha value is -0.610. The molecule has 0 aromatic heterocycles. The molecule has 0 aliphatic heterocycles. The predicted octanol–water partition coefficient (Wildman–Crippen LogP) is 5.27. The van der Waals surface area contributed by atoms with Crippen LogP contribution in [0.2, 0.25) is 10.0 Å². The molecule has 0 saturated heterocycles. The van der Waals surface area contributed by atoms with Crippen LogP contribution in [-0.2, 0) is 12.8 Å². The van der Waals surface area contributed by atoms with Crippen molar-refractivity contribution < 1.29 is 4.39 Å². The van der Waals surface area contributed by atoms with E-state index in [9.17, 15) is 4.39 Å². The van der Waals surface area contributed by atoms with Gasteiger partial charge in [0.15, 0.2) is 0 Å². The van der Waals surface area contributed by atoms with Gasteiger partial charge >= 0.3 is 0 Å². The number of rotatable bonds is 5. The van der Waals surface area contributed by atoms with Crippen LogP contribution in [0.3, 0.4) is 0 Å². The third kappa shape index (κ3) is 4.68. The molecule has 0 heterocycles. The molecule has 0 aliphatic rings. The van der Waals surface area contributed by atoms with Crippen LogP contribution in [0, 0.1) is 5.82 Å². The Bertz CT molecular complexity index is 634. The Morgan fingerprint density at radius 3 is 2.48 bits per heavy atom. The minimum atomic E-state index is -0.194. The van der Waals surface area contributed by atoms with Crippen molar-refractivity contribution >= 4 is 39.1 Å². The number of hydrogen-bond acceptors (Lipinski definition) is 1. The molecule has 2 aromatic carbocycles. The van der Waals surface area contributed by atoms with Crippen LogP contribution < -0.4 is 5.32 Å². The molecule has 0 aliphatic carbocycles. The highest BCUT2D eigenvalue weighted by Gasteiger charge is 2.13. The Morgan fingerprint density at radius 2 is 1.81 bits per heavy atom. The van der Waals surface area contributed by atoms with E-state index in [0.717, 1.165) is 10.0 Å². The van der Waals surface area contributed by atoms with E-state index in [1.807, 2.05) is 25.2 Å². The zero-order valence-corrected chi connectivity index (χ0v) is 14.6. The maximum Gasteiger partial charge on any atom is 0.126 e. The van der Waals surface area contributed by atoms with Crippen molar-refractivity contribution in [1.29, 1.82) is 0 Å². The molecule has 112 valence electrons. The fourth-order valence-electron chi connectivity index (χ4n) is 2.19. The van der Waals surface area contributed by atoms with Crippen LogP contribution in [0.4, 0.5) is 4.39 Å². The number of halogens is 4. The van der Waals surface area contributed by atoms with Gasteiger partial charge in [0.1, 0.15) is 5.82 Å². The number of likely N-dealkylation sites (N-methyl/N-ethyl adjacent to an activating group) is 1. The summed E-state index contributed by atoms with van der Waals surface area (Å²) >= 11 is 15.5. The summed E-state index contributed by atoms with van der Waals surface area (Å²) in [5.74, 6) is -0.194. The Balaban J connectivity index is 2.14. The maximum absolute atomic E-state index is 13.8. The molecule has 1 N–H and O–H groups in total. The molecule has 2 aromatic rings. The lowest BCUT2D eigenvalue weighted by Crippen LogP contribution is -2.30. The second kappa shape index (κ2) is 7.59. The van der Waals surface area contributed by atoms with E-state index in [4.69, 9.17) is 23.2 Å². The van der Waals surface area contributed by atoms with E-state index >= 15 is 0 Å². The lowest BCUT2D eigenvalue weighted by Gasteiger charge is -2.18. The van der Waals surface area contributed by atoms with Crippen LogP contribution >= 0.6 is 39.1 Å². The van der Waals surface area contributed by atoms with Gasteiger partial charge in [0.2, 0.25) is 0 Å². The average molecular weight is 391 g/mol. The molecule has 0 spiro atoms. The van der Waals surface area contributed by atoms with Gasteiger partial charge < -0.3 is 5.32 Å². The first-order valence-electron chi connectivity index (χ1n) is 6.54. The highest BCUT2D eigenvalue weighted by Crippen LogP contribution is 2.23. The first-order valence-corrected chi connectivity index (χ1v) is 8.09. The largest absolute Gasteiger partial charge is 0.316 e. The topological polar surface area (TPSA) is 12.0 Å². The van der Waals surface area contributed by atoms with E-state index in [2.05, 4.69) is 21.2 Å². The normalized spacial score (nSPS) is 12.4. The van der Waals surface area contributed by atoms with Crippen molar-refractivity contribution in [3.63, 3.8) is 0 Å². The van der Waals surface area contributed by atoms with Crippen LogP contribution in [0.1, 0.15) is 11.1 Å². The molecule has 1 nitrogen and oxygen atoms in total. The fraction of sp³-hybridized carbons (Fsp3) is 0.250. The van der Waals surface area contributed by atoms with Gasteiger partial charge in [-0.05, 0) is 61.3 Å². The standard InChI is InChI=1S/C16H15BrCl2FN/c1-21-14(7-10-2-4-13(18)9-15(10)19)8-11-6-12(17)3-5-16(11)20/h2-6,9,14,21H,7-8H2,1H3. The first kappa shape index (κ1) is 16.8. The van der Waals surface area contributed by atoms with Crippen molar-refractivity contribution in [3.8, 4) is 0 Å². The monoisotopic (exact) mass is 389 g/mol. The minimum absolute atomic E-state index is 0.0903. The summed E-state index contributed by atoms with van der Waals surface area (Å²) in [5, 5.41) is 4.46. The number of nitrogens with one attached hydrogen (secondary N) is 1. The van der Waals surface area contributed by atoms with E-state index in [1.165, 1.54) is 6.07 Å². The molecular weight excluding hydrogens is 376 g/mol. The molecule has 0 saturated carbocycles. The van der Waals surface area contributed by atoms with E-state index < -0.39 is 0 Å². The molecule has 0 amide bonds. The minimum Gasteiger partial charge on any atom is -0.316 e. The summed E-state index contributed by atoms with van der Waals surface area (Å²) in [5.41, 5.74) is 1.67. The summed E-state index contributed by atoms with van der Waals surface area (Å²) in [6, 6.07) is 10.5. The van der Waals surface area contributed by atoms with Crippen molar-refractivity contribution in [1.82, 2.24) is 5.32 Å². The highest BCUT2D eigenvalue weighted by atomic mass is 79.9. The zero-order valence-electron chi connectivity index (χ0n) is 11.5. The second-order valence-electron chi connectivity index (χ2n) is 4.87. The maximum atomic E-state index is 13.8. The quantitative estimate of drug-likeness (QED) is 0.733. The Labute approximate surface area is 142 Å². The first-order chi connectivity index (χ1) is 9.99. The Morgan fingerprint density at radius 1 is 1.10 bits per heavy atom. The lowest BCUT2D eigenvalue weighted by atomic mass is 9.99. The summed E-state index contributed by atoms with van der Waals surface area (Å²) < 4.78 is 14.7. The Kier molecular flexibility index (Phi) is 6.06. The summed E-state index contributed by atoms with van der Waals surface area (Å²) in [6.45, 7) is 0. The molecule has 2 rings (SSSR count). The summed E-state index contributed by atoms with van der Waals surface area (Å²) in [6.07, 6.45) is 1.29. The molecule has 5 heteroatoms. The van der Waals surface area contributed by atoms with Gasteiger partial charge in [-0.15, -0.1) is 0 Å². The third-order valence-corrected chi connectivity index (χ3v) is 4.44. The molecule has 0 fully saturated rings. The SMILES string of the molecule is CNC(Cc1cc(Br)ccc1F)Cc1ccc(Cl)cc1Cl. The van der Waals surface area contributed by atoms with Crippen LogP contribution in [-0.4, -0.2) is 13.1 Å². The molecule has 21 heavy (non-hydrogen) atoms. The summed E-state index contributed by atoms with van der Waals surface area (Å²) in [7, 11) is 1.87. The zero-order chi connectivity index (χ0) is 15.4. The smallest absolute Gasteiger partial charge is 0.126 e. The molecule has 0 radical (unpaired) electrons. The number of hydrogen-bond donors (Lipinski definition) is 1. The third-order valence-electron chi connectivity index (χ3n) is 3.36. The van der Waals surface area contributed by atoms with Crippen LogP contribution in [0.15, 0.2) is 40.9 Å². The average Bonchev–Trinajstić information content (AvgIpc) is 2.44. The van der Waals surface area contributed by atoms with E-state index in [-0.39, 0.29) is 11.9 Å². The molecule has 1 unspecified atom stereocenters. The number of benzene rings is 2. The van der Waals surface area contributed by atoms with Gasteiger partial charge in [-0.2, -0.15) is 0 Å². The van der Waals surface area contributed by atoms with E-state index in [1.54, 1.807) is 12.1 Å². The predicted molar refractivity (Wildman–Crippen MR) is 90.8 cm³/mol. The van der Waals surface area contributed by atoms with Crippen LogP contribution in [0.5, 0.6) is 0 Å².